The fraction of sp³-hybridized carbons (Fsp3) is 0.889. The van der Waals surface area contributed by atoms with Crippen molar-refractivity contribution >= 4 is 16.3 Å². The van der Waals surface area contributed by atoms with E-state index in [0.29, 0.717) is 0 Å². The largest absolute Gasteiger partial charge is 0.462 e. The summed E-state index contributed by atoms with van der Waals surface area (Å²) >= 11 is 0. The van der Waals surface area contributed by atoms with E-state index >= 15 is 0 Å². The van der Waals surface area contributed by atoms with Crippen molar-refractivity contribution in [2.24, 2.45) is 0 Å². The van der Waals surface area contributed by atoms with Gasteiger partial charge in [-0.05, 0) is 0 Å². The summed E-state index contributed by atoms with van der Waals surface area (Å²) < 4.78 is 10.5. The SMILES string of the molecule is C=[S-](=O)CCCCCCCC. The molecule has 0 aliphatic rings. The minimum Gasteiger partial charge on any atom is -0.462 e. The Morgan fingerprint density at radius 2 is 1.64 bits per heavy atom. The van der Waals surface area contributed by atoms with Crippen LogP contribution in [0.4, 0.5) is 0 Å². The minimum absolute atomic E-state index is 0.784. The highest BCUT2D eigenvalue weighted by Crippen LogP contribution is 2.04. The van der Waals surface area contributed by atoms with Gasteiger partial charge in [0.2, 0.25) is 0 Å². The standard InChI is InChI=1S/C9H19OS/c1-3-4-5-6-7-8-9-11(2)10/h2-9H2,1H3/q-1. The lowest BCUT2D eigenvalue weighted by Crippen LogP contribution is -1.86. The second-order valence-corrected chi connectivity index (χ2v) is 4.20. The molecule has 0 aromatic heterocycles. The molecule has 0 heterocycles. The van der Waals surface area contributed by atoms with Crippen molar-refractivity contribution in [1.29, 1.82) is 0 Å². The van der Waals surface area contributed by atoms with Gasteiger partial charge in [-0.1, -0.05) is 45.4 Å². The summed E-state index contributed by atoms with van der Waals surface area (Å²) in [6.45, 7) is 2.21. The van der Waals surface area contributed by atoms with Crippen molar-refractivity contribution in [2.45, 2.75) is 45.4 Å². The molecule has 0 aromatic carbocycles. The molecule has 0 saturated carbocycles. The van der Waals surface area contributed by atoms with E-state index in [1.165, 1.54) is 32.1 Å². The normalized spacial score (nSPS) is 10.7. The maximum absolute atomic E-state index is 10.5. The van der Waals surface area contributed by atoms with Crippen molar-refractivity contribution in [3.8, 4) is 0 Å². The van der Waals surface area contributed by atoms with E-state index in [0.717, 1.165) is 12.2 Å². The number of unbranched alkanes of at least 4 members (excludes halogenated alkanes) is 5. The first kappa shape index (κ1) is 11.0. The molecule has 0 spiro atoms. The van der Waals surface area contributed by atoms with Crippen molar-refractivity contribution in [1.82, 2.24) is 0 Å². The van der Waals surface area contributed by atoms with Gasteiger partial charge in [0.15, 0.2) is 0 Å². The molecule has 0 atom stereocenters. The van der Waals surface area contributed by atoms with Crippen LogP contribution in [0.2, 0.25) is 0 Å². The first-order valence-corrected chi connectivity index (χ1v) is 5.94. The first-order valence-electron chi connectivity index (χ1n) is 4.45. The molecule has 0 aromatic rings. The maximum Gasteiger partial charge on any atom is -0.0533 e. The zero-order chi connectivity index (χ0) is 8.53. The Kier molecular flexibility index (Phi) is 8.13. The van der Waals surface area contributed by atoms with Crippen molar-refractivity contribution in [2.75, 3.05) is 5.75 Å². The van der Waals surface area contributed by atoms with Crippen molar-refractivity contribution in [3.63, 3.8) is 0 Å². The second kappa shape index (κ2) is 8.12. The second-order valence-electron chi connectivity index (χ2n) is 2.91. The maximum atomic E-state index is 10.5. The fourth-order valence-electron chi connectivity index (χ4n) is 1.04. The highest BCUT2D eigenvalue weighted by atomic mass is 32.2. The average Bonchev–Trinajstić information content (AvgIpc) is 1.96. The molecule has 0 rings (SSSR count). The van der Waals surface area contributed by atoms with E-state index in [2.05, 4.69) is 12.8 Å². The summed E-state index contributed by atoms with van der Waals surface area (Å²) in [6.07, 6.45) is 7.57. The monoisotopic (exact) mass is 175 g/mol. The number of hydrogen-bond donors (Lipinski definition) is 0. The third-order valence-electron chi connectivity index (χ3n) is 1.73. The van der Waals surface area contributed by atoms with Gasteiger partial charge in [-0.15, -0.1) is 5.75 Å². The topological polar surface area (TPSA) is 17.1 Å². The van der Waals surface area contributed by atoms with Crippen molar-refractivity contribution in [3.05, 3.63) is 0 Å². The average molecular weight is 175 g/mol. The first-order chi connectivity index (χ1) is 5.27. The summed E-state index contributed by atoms with van der Waals surface area (Å²) in [4.78, 5) is 0. The van der Waals surface area contributed by atoms with E-state index < -0.39 is 10.4 Å². The Balaban J connectivity index is 2.90. The fourth-order valence-corrected chi connectivity index (χ4v) is 1.57. The van der Waals surface area contributed by atoms with Crippen LogP contribution >= 0.6 is 0 Å². The van der Waals surface area contributed by atoms with E-state index in [1.807, 2.05) is 0 Å². The zero-order valence-electron chi connectivity index (χ0n) is 7.47. The van der Waals surface area contributed by atoms with Gasteiger partial charge in [-0.3, -0.25) is 10.4 Å². The molecule has 0 unspecified atom stereocenters. The molecule has 68 valence electrons. The van der Waals surface area contributed by atoms with Gasteiger partial charge in [-0.2, -0.15) is 5.87 Å². The van der Waals surface area contributed by atoms with Crippen molar-refractivity contribution < 1.29 is 4.21 Å². The molecule has 1 nitrogen and oxygen atoms in total. The Hall–Kier alpha value is 0.0200. The Morgan fingerprint density at radius 3 is 2.18 bits per heavy atom. The predicted octanol–water partition coefficient (Wildman–Crippen LogP) is 2.74. The van der Waals surface area contributed by atoms with Gasteiger partial charge in [0.25, 0.3) is 0 Å². The highest BCUT2D eigenvalue weighted by molar-refractivity contribution is 7.82. The number of rotatable bonds is 7. The van der Waals surface area contributed by atoms with Crippen LogP contribution in [0.1, 0.15) is 45.4 Å². The molecule has 0 saturated heterocycles. The molecular formula is C9H19OS-. The van der Waals surface area contributed by atoms with Crippen LogP contribution in [0, 0.1) is 0 Å². The van der Waals surface area contributed by atoms with Crippen LogP contribution in [0.15, 0.2) is 0 Å². The molecular weight excluding hydrogens is 156 g/mol. The van der Waals surface area contributed by atoms with Gasteiger partial charge in [0.05, 0.1) is 0 Å². The lowest BCUT2D eigenvalue weighted by molar-refractivity contribution is 0.596. The quantitative estimate of drug-likeness (QED) is 0.330. The lowest BCUT2D eigenvalue weighted by Gasteiger charge is -2.01. The summed E-state index contributed by atoms with van der Waals surface area (Å²) in [5, 5.41) is 0. The molecule has 0 radical (unpaired) electrons. The molecule has 0 fully saturated rings. The smallest absolute Gasteiger partial charge is 0.0533 e. The third kappa shape index (κ3) is 10.0. The minimum atomic E-state index is -0.823. The van der Waals surface area contributed by atoms with E-state index in [9.17, 15) is 4.21 Å². The summed E-state index contributed by atoms with van der Waals surface area (Å²) in [5.41, 5.74) is 0. The predicted molar refractivity (Wildman–Crippen MR) is 53.4 cm³/mol. The van der Waals surface area contributed by atoms with Crippen LogP contribution in [-0.2, 0) is 14.6 Å². The van der Waals surface area contributed by atoms with Crippen LogP contribution in [0.25, 0.3) is 0 Å². The van der Waals surface area contributed by atoms with Crippen LogP contribution in [0.3, 0.4) is 0 Å². The van der Waals surface area contributed by atoms with E-state index in [4.69, 9.17) is 0 Å². The van der Waals surface area contributed by atoms with Gasteiger partial charge in [-0.25, -0.2) is 0 Å². The van der Waals surface area contributed by atoms with Gasteiger partial charge in [0, 0.05) is 0 Å². The van der Waals surface area contributed by atoms with Gasteiger partial charge < -0.3 is 4.21 Å². The molecule has 11 heavy (non-hydrogen) atoms. The van der Waals surface area contributed by atoms with Gasteiger partial charge in [0.1, 0.15) is 0 Å². The Morgan fingerprint density at radius 1 is 1.09 bits per heavy atom. The van der Waals surface area contributed by atoms with Crippen LogP contribution in [-0.4, -0.2) is 11.6 Å². The molecule has 0 amide bonds. The van der Waals surface area contributed by atoms with E-state index in [-0.39, 0.29) is 0 Å². The summed E-state index contributed by atoms with van der Waals surface area (Å²) in [5.74, 6) is 4.23. The molecule has 0 aliphatic carbocycles. The van der Waals surface area contributed by atoms with Crippen LogP contribution in [0.5, 0.6) is 0 Å². The Bertz CT molecular complexity index is 130. The summed E-state index contributed by atoms with van der Waals surface area (Å²) in [6, 6.07) is 0. The molecule has 2 heteroatoms. The lowest BCUT2D eigenvalue weighted by atomic mass is 10.1. The number of hydrogen-bond acceptors (Lipinski definition) is 2. The summed E-state index contributed by atoms with van der Waals surface area (Å²) in [7, 11) is -0.823. The van der Waals surface area contributed by atoms with E-state index in [1.54, 1.807) is 0 Å². The molecule has 0 bridgehead atoms. The molecule has 0 aliphatic heterocycles. The Labute approximate surface area is 72.2 Å². The highest BCUT2D eigenvalue weighted by Gasteiger charge is 1.85. The third-order valence-corrected chi connectivity index (χ3v) is 2.47. The van der Waals surface area contributed by atoms with Gasteiger partial charge >= 0.3 is 0 Å². The zero-order valence-corrected chi connectivity index (χ0v) is 8.29. The van der Waals surface area contributed by atoms with Crippen LogP contribution < -0.4 is 0 Å². The molecule has 0 N–H and O–H groups in total.